The van der Waals surface area contributed by atoms with Gasteiger partial charge in [0.15, 0.2) is 0 Å². The Kier molecular flexibility index (Phi) is 6.46. The first kappa shape index (κ1) is 21.2. The molecule has 1 heterocycles. The van der Waals surface area contributed by atoms with E-state index in [1.54, 1.807) is 30.3 Å². The van der Waals surface area contributed by atoms with E-state index in [0.29, 0.717) is 24.9 Å². The molecule has 1 N–H and O–H groups in total. The van der Waals surface area contributed by atoms with Gasteiger partial charge >= 0.3 is 6.36 Å². The number of carbonyl (C=O) groups is 2. The second kappa shape index (κ2) is 8.86. The standard InChI is InChI=1S/C20H18BrF3N2O3/c21-15-9-7-13(8-10-15)19(28)26-11-3-5-16(26)18(27)25-12-14-4-1-2-6-17(14)29-20(22,23)24/h1-2,4,6-10,16H,3,5,11-12H2,(H,25,27). The van der Waals surface area contributed by atoms with Crippen LogP contribution < -0.4 is 10.1 Å². The van der Waals surface area contributed by atoms with Gasteiger partial charge in [0.25, 0.3) is 5.91 Å². The molecule has 1 fully saturated rings. The van der Waals surface area contributed by atoms with Gasteiger partial charge in [-0.1, -0.05) is 34.1 Å². The van der Waals surface area contributed by atoms with Gasteiger partial charge in [0.05, 0.1) is 0 Å². The number of hydrogen-bond acceptors (Lipinski definition) is 3. The Labute approximate surface area is 174 Å². The fourth-order valence-electron chi connectivity index (χ4n) is 3.21. The van der Waals surface area contributed by atoms with E-state index in [1.165, 1.54) is 23.1 Å². The molecule has 1 saturated heterocycles. The van der Waals surface area contributed by atoms with Crippen LogP contribution in [0, 0.1) is 0 Å². The molecule has 0 saturated carbocycles. The molecule has 2 amide bonds. The molecule has 0 aliphatic carbocycles. The summed E-state index contributed by atoms with van der Waals surface area (Å²) < 4.78 is 42.4. The lowest BCUT2D eigenvalue weighted by atomic mass is 10.1. The van der Waals surface area contributed by atoms with E-state index in [4.69, 9.17) is 0 Å². The first-order valence-corrected chi connectivity index (χ1v) is 9.72. The van der Waals surface area contributed by atoms with Gasteiger partial charge in [0, 0.05) is 28.7 Å². The third-order valence-corrected chi connectivity index (χ3v) is 5.09. The number of benzene rings is 2. The molecule has 1 aliphatic heterocycles. The number of hydrogen-bond donors (Lipinski definition) is 1. The summed E-state index contributed by atoms with van der Waals surface area (Å²) in [4.78, 5) is 26.9. The molecule has 5 nitrogen and oxygen atoms in total. The van der Waals surface area contributed by atoms with Crippen molar-refractivity contribution in [1.29, 1.82) is 0 Å². The van der Waals surface area contributed by atoms with Crippen molar-refractivity contribution in [2.45, 2.75) is 31.8 Å². The number of likely N-dealkylation sites (tertiary alicyclic amines) is 1. The summed E-state index contributed by atoms with van der Waals surface area (Å²) >= 11 is 3.31. The molecule has 0 radical (unpaired) electrons. The minimum absolute atomic E-state index is 0.137. The van der Waals surface area contributed by atoms with Crippen molar-refractivity contribution >= 4 is 27.7 Å². The Morgan fingerprint density at radius 1 is 1.14 bits per heavy atom. The molecule has 2 aromatic rings. The third kappa shape index (κ3) is 5.50. The topological polar surface area (TPSA) is 58.6 Å². The number of nitrogens with one attached hydrogen (secondary N) is 1. The molecule has 0 spiro atoms. The molecular formula is C20H18BrF3N2O3. The minimum Gasteiger partial charge on any atom is -0.405 e. The largest absolute Gasteiger partial charge is 0.573 e. The zero-order chi connectivity index (χ0) is 21.0. The Morgan fingerprint density at radius 2 is 1.83 bits per heavy atom. The second-order valence-electron chi connectivity index (χ2n) is 6.54. The fraction of sp³-hybridized carbons (Fsp3) is 0.300. The molecule has 1 unspecified atom stereocenters. The number of amides is 2. The van der Waals surface area contributed by atoms with Crippen LogP contribution >= 0.6 is 15.9 Å². The molecule has 0 aromatic heterocycles. The number of alkyl halides is 3. The lowest BCUT2D eigenvalue weighted by Gasteiger charge is -2.24. The van der Waals surface area contributed by atoms with Crippen LogP contribution in [0.25, 0.3) is 0 Å². The predicted octanol–water partition coefficient (Wildman–Crippen LogP) is 4.27. The maximum atomic E-state index is 12.7. The first-order valence-electron chi connectivity index (χ1n) is 8.92. The summed E-state index contributed by atoms with van der Waals surface area (Å²) in [5, 5.41) is 2.62. The van der Waals surface area contributed by atoms with Crippen molar-refractivity contribution in [1.82, 2.24) is 10.2 Å². The average Bonchev–Trinajstić information content (AvgIpc) is 3.16. The van der Waals surface area contributed by atoms with Crippen LogP contribution in [0.4, 0.5) is 13.2 Å². The zero-order valence-corrected chi connectivity index (χ0v) is 16.8. The van der Waals surface area contributed by atoms with E-state index in [9.17, 15) is 22.8 Å². The maximum Gasteiger partial charge on any atom is 0.573 e. The van der Waals surface area contributed by atoms with E-state index in [1.807, 2.05) is 0 Å². The second-order valence-corrected chi connectivity index (χ2v) is 7.45. The van der Waals surface area contributed by atoms with Crippen LogP contribution in [0.1, 0.15) is 28.8 Å². The van der Waals surface area contributed by atoms with Gasteiger partial charge in [-0.2, -0.15) is 0 Å². The zero-order valence-electron chi connectivity index (χ0n) is 15.2. The molecule has 154 valence electrons. The highest BCUT2D eigenvalue weighted by atomic mass is 79.9. The minimum atomic E-state index is -4.82. The number of ether oxygens (including phenoxy) is 1. The number of para-hydroxylation sites is 1. The van der Waals surface area contributed by atoms with Crippen molar-refractivity contribution in [3.8, 4) is 5.75 Å². The number of rotatable bonds is 5. The molecule has 0 bridgehead atoms. The van der Waals surface area contributed by atoms with Crippen LogP contribution in [-0.2, 0) is 11.3 Å². The van der Waals surface area contributed by atoms with Crippen LogP contribution in [-0.4, -0.2) is 35.7 Å². The smallest absolute Gasteiger partial charge is 0.405 e. The highest BCUT2D eigenvalue weighted by Crippen LogP contribution is 2.26. The molecule has 2 aromatic carbocycles. The maximum absolute atomic E-state index is 12.7. The van der Waals surface area contributed by atoms with Crippen molar-refractivity contribution in [2.24, 2.45) is 0 Å². The van der Waals surface area contributed by atoms with Gasteiger partial charge in [-0.05, 0) is 43.2 Å². The summed E-state index contributed by atoms with van der Waals surface area (Å²) in [6, 6.07) is 11.8. The van der Waals surface area contributed by atoms with Crippen molar-refractivity contribution in [3.05, 3.63) is 64.1 Å². The van der Waals surface area contributed by atoms with Crippen molar-refractivity contribution < 1.29 is 27.5 Å². The van der Waals surface area contributed by atoms with Gasteiger partial charge in [0.2, 0.25) is 5.91 Å². The monoisotopic (exact) mass is 470 g/mol. The normalized spacial score (nSPS) is 16.6. The van der Waals surface area contributed by atoms with E-state index < -0.39 is 18.3 Å². The summed E-state index contributed by atoms with van der Waals surface area (Å²) in [5.74, 6) is -1.03. The van der Waals surface area contributed by atoms with Gasteiger partial charge in [-0.3, -0.25) is 9.59 Å². The predicted molar refractivity (Wildman–Crippen MR) is 103 cm³/mol. The van der Waals surface area contributed by atoms with Gasteiger partial charge in [-0.15, -0.1) is 13.2 Å². The van der Waals surface area contributed by atoms with Crippen LogP contribution in [0.5, 0.6) is 5.75 Å². The van der Waals surface area contributed by atoms with Crippen molar-refractivity contribution in [3.63, 3.8) is 0 Å². The summed E-state index contributed by atoms with van der Waals surface area (Å²) in [7, 11) is 0. The first-order chi connectivity index (χ1) is 13.7. The number of carbonyl (C=O) groups excluding carboxylic acids is 2. The Hall–Kier alpha value is -2.55. The van der Waals surface area contributed by atoms with E-state index >= 15 is 0 Å². The van der Waals surface area contributed by atoms with Gasteiger partial charge in [0.1, 0.15) is 11.8 Å². The molecular weight excluding hydrogens is 453 g/mol. The van der Waals surface area contributed by atoms with Crippen LogP contribution in [0.15, 0.2) is 53.0 Å². The molecule has 29 heavy (non-hydrogen) atoms. The Bertz CT molecular complexity index is 887. The fourth-order valence-corrected chi connectivity index (χ4v) is 3.48. The Morgan fingerprint density at radius 3 is 2.52 bits per heavy atom. The Balaban J connectivity index is 1.66. The molecule has 1 aliphatic rings. The van der Waals surface area contributed by atoms with Gasteiger partial charge in [-0.25, -0.2) is 0 Å². The highest BCUT2D eigenvalue weighted by molar-refractivity contribution is 9.10. The number of nitrogens with zero attached hydrogens (tertiary/aromatic N) is 1. The molecule has 9 heteroatoms. The number of halogens is 4. The quantitative estimate of drug-likeness (QED) is 0.709. The van der Waals surface area contributed by atoms with E-state index in [0.717, 1.165) is 4.47 Å². The SMILES string of the molecule is O=C(NCc1ccccc1OC(F)(F)F)C1CCCN1C(=O)c1ccc(Br)cc1. The summed E-state index contributed by atoms with van der Waals surface area (Å²) in [5.41, 5.74) is 0.666. The average molecular weight is 471 g/mol. The third-order valence-electron chi connectivity index (χ3n) is 4.56. The van der Waals surface area contributed by atoms with Crippen LogP contribution in [0.2, 0.25) is 0 Å². The molecule has 1 atom stereocenters. The van der Waals surface area contributed by atoms with E-state index in [2.05, 4.69) is 26.0 Å². The lowest BCUT2D eigenvalue weighted by molar-refractivity contribution is -0.274. The molecule has 3 rings (SSSR count). The summed E-state index contributed by atoms with van der Waals surface area (Å²) in [6.45, 7) is 0.308. The van der Waals surface area contributed by atoms with Gasteiger partial charge < -0.3 is 15.0 Å². The highest BCUT2D eigenvalue weighted by Gasteiger charge is 2.35. The lowest BCUT2D eigenvalue weighted by Crippen LogP contribution is -2.45. The van der Waals surface area contributed by atoms with E-state index in [-0.39, 0.29) is 23.8 Å². The summed E-state index contributed by atoms with van der Waals surface area (Å²) in [6.07, 6.45) is -3.65. The van der Waals surface area contributed by atoms with Crippen LogP contribution in [0.3, 0.4) is 0 Å². The van der Waals surface area contributed by atoms with Crippen molar-refractivity contribution in [2.75, 3.05) is 6.54 Å².